The van der Waals surface area contributed by atoms with Crippen molar-refractivity contribution in [3.8, 4) is 0 Å². The van der Waals surface area contributed by atoms with E-state index in [-0.39, 0.29) is 31.6 Å². The van der Waals surface area contributed by atoms with E-state index in [1.54, 1.807) is 16.9 Å². The lowest BCUT2D eigenvalue weighted by molar-refractivity contribution is -0.122. The molecule has 4 saturated heterocycles. The van der Waals surface area contributed by atoms with Crippen molar-refractivity contribution in [3.63, 3.8) is 0 Å². The van der Waals surface area contributed by atoms with Gasteiger partial charge in [0.1, 0.15) is 24.8 Å². The van der Waals surface area contributed by atoms with Gasteiger partial charge >= 0.3 is 12.2 Å². The molecule has 2 aromatic carbocycles. The molecular formula is C38H56N4O7. The zero-order valence-corrected chi connectivity index (χ0v) is 29.3. The van der Waals surface area contributed by atoms with Crippen molar-refractivity contribution in [2.45, 2.75) is 83.1 Å². The van der Waals surface area contributed by atoms with E-state index in [9.17, 15) is 19.2 Å². The van der Waals surface area contributed by atoms with Gasteiger partial charge in [0, 0.05) is 79.5 Å². The van der Waals surface area contributed by atoms with Gasteiger partial charge in [-0.3, -0.25) is 14.5 Å². The third-order valence-electron chi connectivity index (χ3n) is 9.74. The van der Waals surface area contributed by atoms with E-state index in [4.69, 9.17) is 14.2 Å². The molecule has 0 aliphatic carbocycles. The summed E-state index contributed by atoms with van der Waals surface area (Å²) in [7, 11) is 1.80. The molecule has 0 atom stereocenters. The first-order valence-corrected chi connectivity index (χ1v) is 17.7. The Morgan fingerprint density at radius 1 is 0.714 bits per heavy atom. The van der Waals surface area contributed by atoms with Crippen LogP contribution in [0, 0.1) is 0 Å². The second kappa shape index (κ2) is 20.0. The molecule has 11 nitrogen and oxygen atoms in total. The van der Waals surface area contributed by atoms with Gasteiger partial charge in [0.15, 0.2) is 0 Å². The predicted octanol–water partition coefficient (Wildman–Crippen LogP) is 5.46. The van der Waals surface area contributed by atoms with E-state index >= 15 is 0 Å². The van der Waals surface area contributed by atoms with Gasteiger partial charge in [0.05, 0.1) is 5.60 Å². The van der Waals surface area contributed by atoms with Gasteiger partial charge in [0.25, 0.3) is 0 Å². The summed E-state index contributed by atoms with van der Waals surface area (Å²) in [6.45, 7) is 9.18. The van der Waals surface area contributed by atoms with Crippen molar-refractivity contribution >= 4 is 23.8 Å². The van der Waals surface area contributed by atoms with Gasteiger partial charge in [-0.2, -0.15) is 0 Å². The summed E-state index contributed by atoms with van der Waals surface area (Å²) in [5.41, 5.74) is 2.13. The summed E-state index contributed by atoms with van der Waals surface area (Å²) in [6, 6.07) is 19.8. The van der Waals surface area contributed by atoms with Crippen LogP contribution >= 0.6 is 0 Å². The van der Waals surface area contributed by atoms with Gasteiger partial charge in [0.2, 0.25) is 0 Å². The number of nitrogens with one attached hydrogen (secondary N) is 1. The Morgan fingerprint density at radius 3 is 1.57 bits per heavy atom. The molecule has 4 aliphatic heterocycles. The minimum Gasteiger partial charge on any atom is -0.445 e. The highest BCUT2D eigenvalue weighted by molar-refractivity contribution is 5.81. The highest BCUT2D eigenvalue weighted by atomic mass is 16.6. The first-order chi connectivity index (χ1) is 23.7. The molecule has 0 bridgehead atoms. The number of carbonyl (C=O) groups excluding carboxylic acids is 4. The minimum absolute atomic E-state index is 0. The molecule has 0 unspecified atom stereocenters. The standard InChI is InChI=1S/C18H24N2O3.C13H15NO3.C7H15NO.H2/c21-17-8-12-19(13-9-17)16-6-10-20(11-7-16)18(22)23-14-15-4-2-1-3-5-15;15-12-6-8-14(9-7-12)13(16)17-10-11-4-2-1-3-5-11;1-7(9-2)3-5-8-6-4-7;/h1-5,16H,6-14H2;1-5H,6-10H2;8H,3-6H2,1-2H3;1H. The maximum Gasteiger partial charge on any atom is 0.410 e. The van der Waals surface area contributed by atoms with E-state index in [0.717, 1.165) is 76.1 Å². The lowest BCUT2D eigenvalue weighted by atomic mass is 9.95. The number of hydrogen-bond acceptors (Lipinski definition) is 9. The number of ketones is 2. The molecule has 0 aromatic heterocycles. The summed E-state index contributed by atoms with van der Waals surface area (Å²) in [5.74, 6) is 0.597. The van der Waals surface area contributed by atoms with Crippen LogP contribution in [0.5, 0.6) is 0 Å². The van der Waals surface area contributed by atoms with Gasteiger partial charge in [-0.15, -0.1) is 0 Å². The van der Waals surface area contributed by atoms with Gasteiger partial charge in [-0.05, 0) is 56.8 Å². The second-order valence-corrected chi connectivity index (χ2v) is 13.3. The Morgan fingerprint density at radius 2 is 1.14 bits per heavy atom. The molecule has 0 radical (unpaired) electrons. The second-order valence-electron chi connectivity index (χ2n) is 13.3. The Labute approximate surface area is 292 Å². The maximum atomic E-state index is 12.1. The third kappa shape index (κ3) is 13.2. The number of methoxy groups -OCH3 is 1. The SMILES string of the molecule is COC1(C)CCNCC1.O=C1CCN(C(=O)OCc2ccccc2)CC1.O=C1CCN(C2CCN(C(=O)OCc3ccccc3)CC2)CC1.[HH]. The molecule has 0 saturated carbocycles. The average Bonchev–Trinajstić information content (AvgIpc) is 3.15. The smallest absolute Gasteiger partial charge is 0.410 e. The van der Waals surface area contributed by atoms with E-state index in [2.05, 4.69) is 17.1 Å². The summed E-state index contributed by atoms with van der Waals surface area (Å²) in [6.07, 6.45) is 5.91. The van der Waals surface area contributed by atoms with Crippen molar-refractivity contribution in [3.05, 3.63) is 71.8 Å². The summed E-state index contributed by atoms with van der Waals surface area (Å²) >= 11 is 0. The van der Waals surface area contributed by atoms with Crippen LogP contribution in [-0.4, -0.2) is 110 Å². The van der Waals surface area contributed by atoms with Crippen molar-refractivity contribution < 1.29 is 34.8 Å². The van der Waals surface area contributed by atoms with Crippen molar-refractivity contribution in [2.75, 3.05) is 59.5 Å². The summed E-state index contributed by atoms with van der Waals surface area (Å²) < 4.78 is 15.9. The number of amides is 2. The lowest BCUT2D eigenvalue weighted by Gasteiger charge is -2.39. The molecule has 270 valence electrons. The first-order valence-electron chi connectivity index (χ1n) is 17.7. The molecule has 4 fully saturated rings. The number of benzene rings is 2. The molecular weight excluding hydrogens is 624 g/mol. The normalized spacial score (nSPS) is 19.9. The minimum atomic E-state index is -0.332. The number of ether oxygens (including phenoxy) is 3. The van der Waals surface area contributed by atoms with Crippen LogP contribution in [0.1, 0.15) is 70.8 Å². The zero-order chi connectivity index (χ0) is 34.9. The molecule has 2 amide bonds. The van der Waals surface area contributed by atoms with Crippen molar-refractivity contribution in [1.82, 2.24) is 20.0 Å². The van der Waals surface area contributed by atoms with Crippen LogP contribution in [-0.2, 0) is 37.0 Å². The monoisotopic (exact) mass is 680 g/mol. The third-order valence-corrected chi connectivity index (χ3v) is 9.74. The van der Waals surface area contributed by atoms with E-state index in [1.807, 2.05) is 60.7 Å². The van der Waals surface area contributed by atoms with Crippen molar-refractivity contribution in [2.24, 2.45) is 0 Å². The van der Waals surface area contributed by atoms with E-state index in [1.165, 1.54) is 0 Å². The number of carbonyl (C=O) groups is 4. The molecule has 4 aliphatic rings. The quantitative estimate of drug-likeness (QED) is 0.425. The van der Waals surface area contributed by atoms with Gasteiger partial charge < -0.3 is 29.3 Å². The van der Waals surface area contributed by atoms with E-state index < -0.39 is 0 Å². The number of likely N-dealkylation sites (tertiary alicyclic amines) is 3. The molecule has 0 spiro atoms. The van der Waals surface area contributed by atoms with Crippen LogP contribution in [0.3, 0.4) is 0 Å². The topological polar surface area (TPSA) is 118 Å². The molecule has 11 heteroatoms. The number of piperidine rings is 4. The maximum absolute atomic E-state index is 12.1. The Balaban J connectivity index is 0.000000220. The van der Waals surface area contributed by atoms with Crippen molar-refractivity contribution in [1.29, 1.82) is 0 Å². The zero-order valence-electron chi connectivity index (χ0n) is 29.3. The number of nitrogens with zero attached hydrogens (tertiary/aromatic N) is 3. The highest BCUT2D eigenvalue weighted by Gasteiger charge is 2.30. The van der Waals surface area contributed by atoms with Crippen LogP contribution in [0.2, 0.25) is 0 Å². The van der Waals surface area contributed by atoms with Crippen LogP contribution < -0.4 is 5.32 Å². The largest absolute Gasteiger partial charge is 0.445 e. The number of Topliss-reactive ketones (excluding diaryl/α,β-unsaturated/α-hetero) is 2. The van der Waals surface area contributed by atoms with Gasteiger partial charge in [-0.25, -0.2) is 9.59 Å². The number of hydrogen-bond donors (Lipinski definition) is 1. The Kier molecular flexibility index (Phi) is 15.5. The highest BCUT2D eigenvalue weighted by Crippen LogP contribution is 2.21. The molecule has 6 rings (SSSR count). The fourth-order valence-electron chi connectivity index (χ4n) is 6.27. The molecule has 2 aromatic rings. The molecule has 4 heterocycles. The van der Waals surface area contributed by atoms with Crippen LogP contribution in [0.15, 0.2) is 60.7 Å². The lowest BCUT2D eigenvalue weighted by Crippen LogP contribution is -2.49. The summed E-state index contributed by atoms with van der Waals surface area (Å²) in [5, 5.41) is 3.29. The van der Waals surface area contributed by atoms with E-state index in [0.29, 0.717) is 57.2 Å². The van der Waals surface area contributed by atoms with Gasteiger partial charge in [-0.1, -0.05) is 60.7 Å². The fourth-order valence-corrected chi connectivity index (χ4v) is 6.27. The number of rotatable bonds is 6. The average molecular weight is 681 g/mol. The fraction of sp³-hybridized carbons (Fsp3) is 0.579. The van der Waals surface area contributed by atoms with Crippen LogP contribution in [0.4, 0.5) is 9.59 Å². The first kappa shape index (κ1) is 38.0. The summed E-state index contributed by atoms with van der Waals surface area (Å²) in [4.78, 5) is 52.0. The molecule has 49 heavy (non-hydrogen) atoms. The molecule has 1 N–H and O–H groups in total. The predicted molar refractivity (Wildman–Crippen MR) is 189 cm³/mol. The Bertz CT molecular complexity index is 1300. The Hall–Kier alpha value is -3.80. The van der Waals surface area contributed by atoms with Crippen LogP contribution in [0.25, 0.3) is 0 Å².